The van der Waals surface area contributed by atoms with Crippen LogP contribution in [0.1, 0.15) is 15.9 Å². The van der Waals surface area contributed by atoms with E-state index in [-0.39, 0.29) is 0 Å². The monoisotopic (exact) mass is 597 g/mol. The van der Waals surface area contributed by atoms with Crippen LogP contribution in [0.25, 0.3) is 33.8 Å². The van der Waals surface area contributed by atoms with Crippen LogP contribution in [-0.2, 0) is 0 Å². The molecule has 4 nitrogen and oxygen atoms in total. The van der Waals surface area contributed by atoms with E-state index in [1.54, 1.807) is 36.4 Å². The van der Waals surface area contributed by atoms with Crippen molar-refractivity contribution >= 4 is 37.8 Å². The number of hydrogen-bond donors (Lipinski definition) is 0. The summed E-state index contributed by atoms with van der Waals surface area (Å²) in [5.41, 5.74) is 3.47. The third-order valence-electron chi connectivity index (χ3n) is 5.61. The highest BCUT2D eigenvalue weighted by Gasteiger charge is 2.27. The van der Waals surface area contributed by atoms with Crippen molar-refractivity contribution in [2.45, 2.75) is 0 Å². The Morgan fingerprint density at radius 3 is 2.08 bits per heavy atom. The number of nitriles is 1. The first kappa shape index (κ1) is 23.8. The minimum Gasteiger partial charge on any atom is -0.454 e. The van der Waals surface area contributed by atoms with Gasteiger partial charge in [0.05, 0.1) is 11.1 Å². The van der Waals surface area contributed by atoms with Crippen LogP contribution in [-0.4, -0.2) is 5.97 Å². The molecule has 0 aliphatic heterocycles. The number of rotatable bonds is 5. The first-order valence-electron chi connectivity index (χ1n) is 11.0. The molecule has 0 aliphatic carbocycles. The summed E-state index contributed by atoms with van der Waals surface area (Å²) < 4.78 is 13.9. The zero-order valence-corrected chi connectivity index (χ0v) is 21.9. The van der Waals surface area contributed by atoms with Crippen molar-refractivity contribution in [2.75, 3.05) is 0 Å². The molecular formula is C30H17Br2NO3. The summed E-state index contributed by atoms with van der Waals surface area (Å²) in [6.45, 7) is 0. The van der Waals surface area contributed by atoms with Crippen molar-refractivity contribution in [1.29, 1.82) is 5.26 Å². The second kappa shape index (κ2) is 10.4. The molecule has 0 spiro atoms. The molecule has 0 saturated heterocycles. The molecule has 0 N–H and O–H groups in total. The zero-order chi connectivity index (χ0) is 25.1. The molecule has 6 heteroatoms. The fourth-order valence-corrected chi connectivity index (χ4v) is 4.66. The Labute approximate surface area is 225 Å². The molecule has 0 radical (unpaired) electrons. The average Bonchev–Trinajstić information content (AvgIpc) is 3.29. The number of ether oxygens (including phenoxy) is 1. The van der Waals surface area contributed by atoms with Gasteiger partial charge in [-0.3, -0.25) is 0 Å². The topological polar surface area (TPSA) is 63.2 Å². The van der Waals surface area contributed by atoms with Gasteiger partial charge in [-0.15, -0.1) is 0 Å². The normalized spacial score (nSPS) is 10.6. The minimum absolute atomic E-state index is 0.329. The van der Waals surface area contributed by atoms with Gasteiger partial charge in [0, 0.05) is 25.6 Å². The maximum absolute atomic E-state index is 13.0. The van der Waals surface area contributed by atoms with E-state index in [0.29, 0.717) is 39.5 Å². The largest absolute Gasteiger partial charge is 0.454 e. The van der Waals surface area contributed by atoms with E-state index < -0.39 is 5.97 Å². The average molecular weight is 599 g/mol. The van der Waals surface area contributed by atoms with Crippen LogP contribution < -0.4 is 4.74 Å². The molecule has 5 aromatic rings. The van der Waals surface area contributed by atoms with E-state index in [9.17, 15) is 10.1 Å². The number of carbonyl (C=O) groups excluding carboxylic acids is 1. The van der Waals surface area contributed by atoms with Crippen molar-refractivity contribution < 1.29 is 13.9 Å². The lowest BCUT2D eigenvalue weighted by Gasteiger charge is -2.11. The highest BCUT2D eigenvalue weighted by Crippen LogP contribution is 2.47. The predicted molar refractivity (Wildman–Crippen MR) is 147 cm³/mol. The van der Waals surface area contributed by atoms with Gasteiger partial charge in [0.15, 0.2) is 5.76 Å². The summed E-state index contributed by atoms with van der Waals surface area (Å²) in [5, 5.41) is 10.3. The Bertz CT molecular complexity index is 1600. The summed E-state index contributed by atoms with van der Waals surface area (Å²) >= 11 is 6.99. The lowest BCUT2D eigenvalue weighted by Crippen LogP contribution is -2.09. The van der Waals surface area contributed by atoms with E-state index in [1.165, 1.54) is 0 Å². The summed E-state index contributed by atoms with van der Waals surface area (Å²) in [6.07, 6.45) is 0. The number of esters is 1. The summed E-state index contributed by atoms with van der Waals surface area (Å²) in [6, 6.07) is 33.6. The van der Waals surface area contributed by atoms with Crippen LogP contribution in [0.15, 0.2) is 116 Å². The third kappa shape index (κ3) is 4.64. The van der Waals surface area contributed by atoms with Gasteiger partial charge in [-0.2, -0.15) is 5.26 Å². The fraction of sp³-hybridized carbons (Fsp3) is 0. The first-order valence-corrected chi connectivity index (χ1v) is 12.6. The standard InChI is InChI=1S/C30H17Br2NO3/c31-21-16-14-20(15-17-21)30(34)35-26-13-7-5-11-23(26)27-24(18-33)28(19-8-2-1-3-9-19)36-29(27)22-10-4-6-12-25(22)32/h1-17H. The second-order valence-electron chi connectivity index (χ2n) is 7.86. The van der Waals surface area contributed by atoms with E-state index in [2.05, 4.69) is 37.9 Å². The van der Waals surface area contributed by atoms with Gasteiger partial charge in [0.1, 0.15) is 23.1 Å². The highest BCUT2D eigenvalue weighted by atomic mass is 79.9. The van der Waals surface area contributed by atoms with Gasteiger partial charge in [0.25, 0.3) is 0 Å². The van der Waals surface area contributed by atoms with Crippen molar-refractivity contribution in [2.24, 2.45) is 0 Å². The van der Waals surface area contributed by atoms with Crippen LogP contribution >= 0.6 is 31.9 Å². The number of furan rings is 1. The van der Waals surface area contributed by atoms with Gasteiger partial charge >= 0.3 is 5.97 Å². The molecule has 0 unspecified atom stereocenters. The molecule has 0 bridgehead atoms. The molecule has 4 aromatic carbocycles. The molecule has 0 fully saturated rings. The minimum atomic E-state index is -0.498. The predicted octanol–water partition coefficient (Wildman–Crippen LogP) is 8.90. The Kier molecular flexibility index (Phi) is 6.86. The number of benzene rings is 4. The Morgan fingerprint density at radius 2 is 1.39 bits per heavy atom. The Balaban J connectivity index is 1.71. The lowest BCUT2D eigenvalue weighted by molar-refractivity contribution is 0.0735. The first-order chi connectivity index (χ1) is 17.6. The molecule has 1 heterocycles. The molecule has 0 amide bonds. The Morgan fingerprint density at radius 1 is 0.750 bits per heavy atom. The van der Waals surface area contributed by atoms with Gasteiger partial charge in [0.2, 0.25) is 0 Å². The smallest absolute Gasteiger partial charge is 0.343 e. The van der Waals surface area contributed by atoms with Crippen molar-refractivity contribution in [3.05, 3.63) is 123 Å². The molecule has 36 heavy (non-hydrogen) atoms. The quantitative estimate of drug-likeness (QED) is 0.150. The Hall–Kier alpha value is -3.92. The lowest BCUT2D eigenvalue weighted by atomic mass is 9.95. The second-order valence-corrected chi connectivity index (χ2v) is 9.63. The number of hydrogen-bond acceptors (Lipinski definition) is 4. The molecule has 5 rings (SSSR count). The number of nitrogens with zero attached hydrogens (tertiary/aromatic N) is 1. The SMILES string of the molecule is N#Cc1c(-c2ccccc2)oc(-c2ccccc2Br)c1-c1ccccc1OC(=O)c1ccc(Br)cc1. The number of carbonyl (C=O) groups is 1. The maximum Gasteiger partial charge on any atom is 0.343 e. The number of para-hydroxylation sites is 1. The van der Waals surface area contributed by atoms with E-state index >= 15 is 0 Å². The fourth-order valence-electron chi connectivity index (χ4n) is 3.93. The van der Waals surface area contributed by atoms with Crippen LogP contribution in [0.4, 0.5) is 0 Å². The van der Waals surface area contributed by atoms with Gasteiger partial charge in [-0.05, 0) is 36.4 Å². The van der Waals surface area contributed by atoms with Gasteiger partial charge in [-0.1, -0.05) is 98.6 Å². The van der Waals surface area contributed by atoms with Crippen LogP contribution in [0.3, 0.4) is 0 Å². The zero-order valence-electron chi connectivity index (χ0n) is 18.7. The summed E-state index contributed by atoms with van der Waals surface area (Å²) in [7, 11) is 0. The highest BCUT2D eigenvalue weighted by molar-refractivity contribution is 9.10. The van der Waals surface area contributed by atoms with Crippen molar-refractivity contribution in [3.8, 4) is 45.6 Å². The third-order valence-corrected chi connectivity index (χ3v) is 6.83. The molecule has 0 atom stereocenters. The van der Waals surface area contributed by atoms with Gasteiger partial charge in [-0.25, -0.2) is 4.79 Å². The summed E-state index contributed by atoms with van der Waals surface area (Å²) in [4.78, 5) is 13.0. The number of halogens is 2. The molecule has 174 valence electrons. The molecule has 0 saturated carbocycles. The van der Waals surface area contributed by atoms with Crippen molar-refractivity contribution in [3.63, 3.8) is 0 Å². The molecule has 1 aromatic heterocycles. The van der Waals surface area contributed by atoms with E-state index in [0.717, 1.165) is 20.1 Å². The molecule has 0 aliphatic rings. The van der Waals surface area contributed by atoms with Gasteiger partial charge < -0.3 is 9.15 Å². The van der Waals surface area contributed by atoms with Crippen LogP contribution in [0, 0.1) is 11.3 Å². The molecular weight excluding hydrogens is 582 g/mol. The summed E-state index contributed by atoms with van der Waals surface area (Å²) in [5.74, 6) is 0.788. The van der Waals surface area contributed by atoms with E-state index in [1.807, 2.05) is 66.7 Å². The van der Waals surface area contributed by atoms with Crippen LogP contribution in [0.5, 0.6) is 5.75 Å². The van der Waals surface area contributed by atoms with Crippen LogP contribution in [0.2, 0.25) is 0 Å². The van der Waals surface area contributed by atoms with E-state index in [4.69, 9.17) is 9.15 Å². The van der Waals surface area contributed by atoms with Crippen molar-refractivity contribution in [1.82, 2.24) is 0 Å². The maximum atomic E-state index is 13.0.